The Kier molecular flexibility index (Phi) is 2.53. The molecule has 1 fully saturated rings. The minimum absolute atomic E-state index is 0.225. The van der Waals surface area contributed by atoms with E-state index >= 15 is 0 Å². The predicted octanol–water partition coefficient (Wildman–Crippen LogP) is 1.56. The lowest BCUT2D eigenvalue weighted by Crippen LogP contribution is -2.25. The molecule has 0 bridgehead atoms. The average Bonchev–Trinajstić information content (AvgIpc) is 2.09. The first-order valence-electron chi connectivity index (χ1n) is 4.39. The molecular weight excluding hydrogens is 138 g/mol. The van der Waals surface area contributed by atoms with Crippen LogP contribution in [0.15, 0.2) is 0 Å². The molecule has 1 N–H and O–H groups in total. The number of hydrogen-bond acceptors (Lipinski definition) is 1. The molecule has 1 aliphatic heterocycles. The van der Waals surface area contributed by atoms with Crippen molar-refractivity contribution in [2.75, 3.05) is 0 Å². The zero-order chi connectivity index (χ0) is 8.43. The van der Waals surface area contributed by atoms with Crippen LogP contribution in [0.4, 0.5) is 0 Å². The molecular formula is C9H17NO. The highest BCUT2D eigenvalue weighted by Gasteiger charge is 2.28. The Morgan fingerprint density at radius 1 is 1.64 bits per heavy atom. The highest BCUT2D eigenvalue weighted by atomic mass is 16.1. The second-order valence-electron chi connectivity index (χ2n) is 3.95. The third-order valence-electron chi connectivity index (χ3n) is 2.32. The van der Waals surface area contributed by atoms with Crippen molar-refractivity contribution in [3.05, 3.63) is 0 Å². The van der Waals surface area contributed by atoms with Crippen molar-refractivity contribution in [3.63, 3.8) is 0 Å². The van der Waals surface area contributed by atoms with E-state index in [9.17, 15) is 4.79 Å². The highest BCUT2D eigenvalue weighted by Crippen LogP contribution is 2.23. The number of carbonyl (C=O) groups is 1. The molecule has 1 aliphatic rings. The van der Waals surface area contributed by atoms with E-state index in [1.807, 2.05) is 0 Å². The molecule has 0 aromatic heterocycles. The fourth-order valence-electron chi connectivity index (χ4n) is 1.74. The molecule has 1 heterocycles. The standard InChI is InChI=1S/C9H17NO/c1-6(2)4-8-5-9(11)10-7(8)3/h6-8H,4-5H2,1-3H3,(H,10,11). The third-order valence-corrected chi connectivity index (χ3v) is 2.32. The Balaban J connectivity index is 2.40. The van der Waals surface area contributed by atoms with E-state index in [-0.39, 0.29) is 5.91 Å². The van der Waals surface area contributed by atoms with Crippen LogP contribution in [0.2, 0.25) is 0 Å². The van der Waals surface area contributed by atoms with Crippen LogP contribution in [0.1, 0.15) is 33.6 Å². The number of nitrogens with one attached hydrogen (secondary N) is 1. The van der Waals surface area contributed by atoms with Crippen molar-refractivity contribution in [2.45, 2.75) is 39.7 Å². The summed E-state index contributed by atoms with van der Waals surface area (Å²) >= 11 is 0. The highest BCUT2D eigenvalue weighted by molar-refractivity contribution is 5.78. The van der Waals surface area contributed by atoms with E-state index in [4.69, 9.17) is 0 Å². The van der Waals surface area contributed by atoms with E-state index in [0.29, 0.717) is 17.9 Å². The van der Waals surface area contributed by atoms with Crippen molar-refractivity contribution in [1.82, 2.24) is 5.32 Å². The Labute approximate surface area is 68.4 Å². The fourth-order valence-corrected chi connectivity index (χ4v) is 1.74. The van der Waals surface area contributed by atoms with Crippen LogP contribution in [-0.4, -0.2) is 11.9 Å². The van der Waals surface area contributed by atoms with Gasteiger partial charge in [0.1, 0.15) is 0 Å². The molecule has 1 amide bonds. The molecule has 64 valence electrons. The zero-order valence-electron chi connectivity index (χ0n) is 7.55. The van der Waals surface area contributed by atoms with Crippen LogP contribution < -0.4 is 5.32 Å². The van der Waals surface area contributed by atoms with Gasteiger partial charge in [0.2, 0.25) is 5.91 Å². The summed E-state index contributed by atoms with van der Waals surface area (Å²) in [5, 5.41) is 2.93. The molecule has 2 nitrogen and oxygen atoms in total. The Hall–Kier alpha value is -0.530. The van der Waals surface area contributed by atoms with Crippen molar-refractivity contribution >= 4 is 5.91 Å². The number of carbonyl (C=O) groups excluding carboxylic acids is 1. The van der Waals surface area contributed by atoms with Gasteiger partial charge in [-0.2, -0.15) is 0 Å². The topological polar surface area (TPSA) is 29.1 Å². The SMILES string of the molecule is CC(C)CC1CC(=O)NC1C. The lowest BCUT2D eigenvalue weighted by molar-refractivity contribution is -0.119. The first kappa shape index (κ1) is 8.57. The van der Waals surface area contributed by atoms with Crippen LogP contribution in [-0.2, 0) is 4.79 Å². The lowest BCUT2D eigenvalue weighted by atomic mass is 9.92. The summed E-state index contributed by atoms with van der Waals surface area (Å²) in [7, 11) is 0. The molecule has 1 rings (SSSR count). The molecule has 2 atom stereocenters. The summed E-state index contributed by atoms with van der Waals surface area (Å²) in [6.07, 6.45) is 1.90. The molecule has 0 aromatic rings. The maximum Gasteiger partial charge on any atom is 0.220 e. The maximum absolute atomic E-state index is 10.9. The van der Waals surface area contributed by atoms with Gasteiger partial charge in [0.15, 0.2) is 0 Å². The molecule has 2 heteroatoms. The first-order chi connectivity index (χ1) is 5.09. The van der Waals surface area contributed by atoms with Crippen molar-refractivity contribution in [2.24, 2.45) is 11.8 Å². The van der Waals surface area contributed by atoms with Crippen molar-refractivity contribution in [1.29, 1.82) is 0 Å². The first-order valence-corrected chi connectivity index (χ1v) is 4.39. The average molecular weight is 155 g/mol. The Bertz CT molecular complexity index is 154. The number of rotatable bonds is 2. The molecule has 0 aliphatic carbocycles. The molecule has 0 saturated carbocycles. The summed E-state index contributed by atoms with van der Waals surface area (Å²) in [5.74, 6) is 1.50. The van der Waals surface area contributed by atoms with E-state index in [0.717, 1.165) is 6.42 Å². The third kappa shape index (κ3) is 2.21. The van der Waals surface area contributed by atoms with Crippen molar-refractivity contribution in [3.8, 4) is 0 Å². The predicted molar refractivity (Wildman–Crippen MR) is 45.2 cm³/mol. The van der Waals surface area contributed by atoms with Gasteiger partial charge in [0, 0.05) is 12.5 Å². The van der Waals surface area contributed by atoms with Crippen LogP contribution in [0, 0.1) is 11.8 Å². The maximum atomic E-state index is 10.9. The molecule has 0 aromatic carbocycles. The normalized spacial score (nSPS) is 31.1. The van der Waals surface area contributed by atoms with E-state index in [2.05, 4.69) is 26.1 Å². The molecule has 11 heavy (non-hydrogen) atoms. The summed E-state index contributed by atoms with van der Waals surface area (Å²) in [4.78, 5) is 10.9. The lowest BCUT2D eigenvalue weighted by Gasteiger charge is -2.15. The quantitative estimate of drug-likeness (QED) is 0.644. The summed E-state index contributed by atoms with van der Waals surface area (Å²) in [6, 6.07) is 0.393. The van der Waals surface area contributed by atoms with Gasteiger partial charge in [-0.3, -0.25) is 4.79 Å². The van der Waals surface area contributed by atoms with E-state index in [1.54, 1.807) is 0 Å². The van der Waals surface area contributed by atoms with Crippen LogP contribution in [0.25, 0.3) is 0 Å². The van der Waals surface area contributed by atoms with Crippen LogP contribution in [0.5, 0.6) is 0 Å². The van der Waals surface area contributed by atoms with Crippen LogP contribution in [0.3, 0.4) is 0 Å². The van der Waals surface area contributed by atoms with Crippen LogP contribution >= 0.6 is 0 Å². The molecule has 2 unspecified atom stereocenters. The van der Waals surface area contributed by atoms with Gasteiger partial charge in [-0.1, -0.05) is 13.8 Å². The number of amides is 1. The smallest absolute Gasteiger partial charge is 0.220 e. The van der Waals surface area contributed by atoms with Gasteiger partial charge in [0.25, 0.3) is 0 Å². The van der Waals surface area contributed by atoms with Gasteiger partial charge >= 0.3 is 0 Å². The van der Waals surface area contributed by atoms with Gasteiger partial charge in [-0.25, -0.2) is 0 Å². The summed E-state index contributed by atoms with van der Waals surface area (Å²) < 4.78 is 0. The fraction of sp³-hybridized carbons (Fsp3) is 0.889. The van der Waals surface area contributed by atoms with E-state index in [1.165, 1.54) is 6.42 Å². The minimum Gasteiger partial charge on any atom is -0.353 e. The van der Waals surface area contributed by atoms with Crippen molar-refractivity contribution < 1.29 is 4.79 Å². The van der Waals surface area contributed by atoms with Gasteiger partial charge in [0.05, 0.1) is 0 Å². The number of hydrogen-bond donors (Lipinski definition) is 1. The summed E-state index contributed by atoms with van der Waals surface area (Å²) in [5.41, 5.74) is 0. The molecule has 1 saturated heterocycles. The van der Waals surface area contributed by atoms with Gasteiger partial charge < -0.3 is 5.32 Å². The molecule has 0 radical (unpaired) electrons. The Morgan fingerprint density at radius 3 is 2.64 bits per heavy atom. The second kappa shape index (κ2) is 3.24. The zero-order valence-corrected chi connectivity index (χ0v) is 7.55. The van der Waals surface area contributed by atoms with Gasteiger partial charge in [-0.15, -0.1) is 0 Å². The Morgan fingerprint density at radius 2 is 2.27 bits per heavy atom. The van der Waals surface area contributed by atoms with Gasteiger partial charge in [-0.05, 0) is 25.2 Å². The summed E-state index contributed by atoms with van der Waals surface area (Å²) in [6.45, 7) is 6.50. The van der Waals surface area contributed by atoms with E-state index < -0.39 is 0 Å². The monoisotopic (exact) mass is 155 g/mol. The minimum atomic E-state index is 0.225. The largest absolute Gasteiger partial charge is 0.353 e. The molecule has 0 spiro atoms. The second-order valence-corrected chi connectivity index (χ2v) is 3.95.